The van der Waals surface area contributed by atoms with Gasteiger partial charge in [-0.05, 0) is 38.1 Å². The minimum Gasteiger partial charge on any atom is -0.373 e. The third-order valence-corrected chi connectivity index (χ3v) is 6.62. The summed E-state index contributed by atoms with van der Waals surface area (Å²) < 4.78 is 15.3. The first-order chi connectivity index (χ1) is 15.0. The molecule has 4 aromatic rings. The molecule has 4 rings (SSSR count). The van der Waals surface area contributed by atoms with Crippen molar-refractivity contribution in [2.24, 2.45) is 0 Å². The first-order valence-electron chi connectivity index (χ1n) is 10.9. The molecule has 164 valence electrons. The number of nitrogens with zero attached hydrogens (tertiary/aromatic N) is 4. The topological polar surface area (TPSA) is 26.8 Å². The average Bonchev–Trinajstić information content (AvgIpc) is 3.17. The van der Waals surface area contributed by atoms with E-state index in [1.807, 2.05) is 24.3 Å². The lowest BCUT2D eigenvalue weighted by Gasteiger charge is -2.05. The fourth-order valence-electron chi connectivity index (χ4n) is 4.65. The molecule has 0 fully saturated rings. The number of benzene rings is 2. The van der Waals surface area contributed by atoms with E-state index in [1.54, 1.807) is 0 Å². The highest BCUT2D eigenvalue weighted by Crippen LogP contribution is 2.21. The van der Waals surface area contributed by atoms with Crippen molar-refractivity contribution in [3.05, 3.63) is 58.1 Å². The SMILES string of the molecule is CC[n+]1c(C)n(CCOCCn2c(C)[n+](CC)c3ccc(Cl)cc32)c2cc(Cl)ccc21. The van der Waals surface area contributed by atoms with Crippen LogP contribution in [-0.4, -0.2) is 22.3 Å². The van der Waals surface area contributed by atoms with E-state index < -0.39 is 0 Å². The van der Waals surface area contributed by atoms with Gasteiger partial charge in [0.25, 0.3) is 11.6 Å². The summed E-state index contributed by atoms with van der Waals surface area (Å²) in [6, 6.07) is 12.2. The molecule has 0 bridgehead atoms. The maximum absolute atomic E-state index is 6.27. The molecule has 0 aliphatic heterocycles. The molecule has 0 aliphatic carbocycles. The Bertz CT molecular complexity index is 1150. The van der Waals surface area contributed by atoms with Crippen LogP contribution < -0.4 is 9.13 Å². The van der Waals surface area contributed by atoms with Crippen LogP contribution in [0.1, 0.15) is 25.5 Å². The summed E-state index contributed by atoms with van der Waals surface area (Å²) in [5.41, 5.74) is 4.72. The van der Waals surface area contributed by atoms with Gasteiger partial charge in [0.05, 0.1) is 26.3 Å². The highest BCUT2D eigenvalue weighted by atomic mass is 35.5. The van der Waals surface area contributed by atoms with Crippen LogP contribution in [0.4, 0.5) is 0 Å². The van der Waals surface area contributed by atoms with Gasteiger partial charge in [0.2, 0.25) is 0 Å². The van der Waals surface area contributed by atoms with Crippen molar-refractivity contribution in [1.29, 1.82) is 0 Å². The maximum atomic E-state index is 6.27. The van der Waals surface area contributed by atoms with Crippen LogP contribution in [0.3, 0.4) is 0 Å². The number of aryl methyl sites for hydroxylation is 2. The quantitative estimate of drug-likeness (QED) is 0.272. The van der Waals surface area contributed by atoms with E-state index in [-0.39, 0.29) is 0 Å². The van der Waals surface area contributed by atoms with Gasteiger partial charge in [0.1, 0.15) is 13.1 Å². The number of aromatic nitrogens is 4. The van der Waals surface area contributed by atoms with E-state index in [1.165, 1.54) is 22.7 Å². The van der Waals surface area contributed by atoms with E-state index in [0.29, 0.717) is 13.2 Å². The van der Waals surface area contributed by atoms with E-state index in [0.717, 1.165) is 47.3 Å². The van der Waals surface area contributed by atoms with Crippen LogP contribution in [0.15, 0.2) is 36.4 Å². The van der Waals surface area contributed by atoms with E-state index in [9.17, 15) is 0 Å². The Labute approximate surface area is 193 Å². The minimum absolute atomic E-state index is 0.646. The highest BCUT2D eigenvalue weighted by molar-refractivity contribution is 6.31. The Kier molecular flexibility index (Phi) is 6.56. The molecule has 0 radical (unpaired) electrons. The number of rotatable bonds is 8. The first-order valence-corrected chi connectivity index (χ1v) is 11.7. The molecule has 0 saturated carbocycles. The largest absolute Gasteiger partial charge is 0.373 e. The Morgan fingerprint density at radius 3 is 1.55 bits per heavy atom. The van der Waals surface area contributed by atoms with Gasteiger partial charge in [-0.3, -0.25) is 0 Å². The summed E-state index contributed by atoms with van der Waals surface area (Å²) in [6.45, 7) is 13.4. The molecule has 2 aromatic carbocycles. The molecule has 0 amide bonds. The second-order valence-corrected chi connectivity index (χ2v) is 8.64. The van der Waals surface area contributed by atoms with Gasteiger partial charge < -0.3 is 4.74 Å². The normalized spacial score (nSPS) is 11.8. The standard InChI is InChI=1S/C24H30Cl2N4O/c1-5-27-17(3)29(23-15-19(25)7-9-21(23)27)11-13-31-14-12-30-18(4)28(6-2)22-10-8-20(26)16-24(22)30/h7-10,15-16H,5-6,11-14H2,1-4H3/q+2. The van der Waals surface area contributed by atoms with E-state index in [4.69, 9.17) is 27.9 Å². The Morgan fingerprint density at radius 2 is 1.16 bits per heavy atom. The van der Waals surface area contributed by atoms with Crippen molar-refractivity contribution in [3.8, 4) is 0 Å². The fourth-order valence-corrected chi connectivity index (χ4v) is 4.98. The lowest BCUT2D eigenvalue weighted by atomic mass is 10.3. The number of hydrogen-bond acceptors (Lipinski definition) is 1. The predicted octanol–water partition coefficient (Wildman–Crippen LogP) is 4.85. The van der Waals surface area contributed by atoms with Gasteiger partial charge in [-0.15, -0.1) is 0 Å². The molecule has 5 nitrogen and oxygen atoms in total. The molecule has 2 aromatic heterocycles. The molecular weight excluding hydrogens is 431 g/mol. The van der Waals surface area contributed by atoms with Crippen LogP contribution in [0.2, 0.25) is 10.0 Å². The van der Waals surface area contributed by atoms with Crippen LogP contribution in [-0.2, 0) is 30.9 Å². The maximum Gasteiger partial charge on any atom is 0.254 e. The smallest absolute Gasteiger partial charge is 0.254 e. The van der Waals surface area contributed by atoms with Gasteiger partial charge >= 0.3 is 0 Å². The van der Waals surface area contributed by atoms with Gasteiger partial charge in [0, 0.05) is 36.0 Å². The lowest BCUT2D eigenvalue weighted by Crippen LogP contribution is -2.35. The zero-order valence-electron chi connectivity index (χ0n) is 18.7. The molecular formula is C24H30Cl2N4O+2. The molecule has 31 heavy (non-hydrogen) atoms. The van der Waals surface area contributed by atoms with Crippen molar-refractivity contribution >= 4 is 45.3 Å². The second-order valence-electron chi connectivity index (χ2n) is 7.76. The summed E-state index contributed by atoms with van der Waals surface area (Å²) in [7, 11) is 0. The van der Waals surface area contributed by atoms with Crippen LogP contribution >= 0.6 is 23.2 Å². The first kappa shape index (κ1) is 22.1. The zero-order chi connectivity index (χ0) is 22.1. The van der Waals surface area contributed by atoms with Crippen LogP contribution in [0, 0.1) is 13.8 Å². The van der Waals surface area contributed by atoms with Gasteiger partial charge in [-0.1, -0.05) is 23.2 Å². The summed E-state index contributed by atoms with van der Waals surface area (Å²) >= 11 is 12.5. The average molecular weight is 461 g/mol. The molecule has 0 spiro atoms. The number of hydrogen-bond donors (Lipinski definition) is 0. The molecule has 0 unspecified atom stereocenters. The molecule has 2 heterocycles. The highest BCUT2D eigenvalue weighted by Gasteiger charge is 2.22. The van der Waals surface area contributed by atoms with Crippen molar-refractivity contribution in [2.75, 3.05) is 13.2 Å². The van der Waals surface area contributed by atoms with E-state index in [2.05, 4.69) is 58.1 Å². The Morgan fingerprint density at radius 1 is 0.742 bits per heavy atom. The number of halogens is 2. The monoisotopic (exact) mass is 460 g/mol. The number of fused-ring (bicyclic) bond motifs is 2. The third kappa shape index (κ3) is 4.07. The lowest BCUT2D eigenvalue weighted by molar-refractivity contribution is -0.675. The van der Waals surface area contributed by atoms with Crippen LogP contribution in [0.5, 0.6) is 0 Å². The Balaban J connectivity index is 1.46. The predicted molar refractivity (Wildman–Crippen MR) is 126 cm³/mol. The molecule has 0 N–H and O–H groups in total. The van der Waals surface area contributed by atoms with Gasteiger partial charge in [-0.2, -0.15) is 0 Å². The van der Waals surface area contributed by atoms with Crippen molar-refractivity contribution in [3.63, 3.8) is 0 Å². The zero-order valence-corrected chi connectivity index (χ0v) is 20.2. The number of ether oxygens (including phenoxy) is 1. The fraction of sp³-hybridized carbons (Fsp3) is 0.417. The van der Waals surface area contributed by atoms with E-state index >= 15 is 0 Å². The number of imidazole rings is 2. The summed E-state index contributed by atoms with van der Waals surface area (Å²) in [6.07, 6.45) is 0. The summed E-state index contributed by atoms with van der Waals surface area (Å²) in [4.78, 5) is 0. The van der Waals surface area contributed by atoms with Gasteiger partial charge in [-0.25, -0.2) is 18.3 Å². The Hall–Kier alpha value is -2.08. The molecule has 7 heteroatoms. The summed E-state index contributed by atoms with van der Waals surface area (Å²) in [5.74, 6) is 2.43. The van der Waals surface area contributed by atoms with Crippen LogP contribution in [0.25, 0.3) is 22.1 Å². The molecule has 0 aliphatic rings. The second kappa shape index (κ2) is 9.19. The third-order valence-electron chi connectivity index (χ3n) is 6.15. The molecule has 0 saturated heterocycles. The van der Waals surface area contributed by atoms with Crippen molar-refractivity contribution < 1.29 is 13.9 Å². The summed E-state index contributed by atoms with van der Waals surface area (Å²) in [5, 5.41) is 1.52. The minimum atomic E-state index is 0.646. The van der Waals surface area contributed by atoms with Crippen molar-refractivity contribution in [1.82, 2.24) is 9.13 Å². The molecule has 0 atom stereocenters. The van der Waals surface area contributed by atoms with Gasteiger partial charge in [0.15, 0.2) is 22.1 Å². The van der Waals surface area contributed by atoms with Crippen molar-refractivity contribution in [2.45, 2.75) is 53.9 Å².